The molecule has 0 aliphatic rings. The lowest BCUT2D eigenvalue weighted by atomic mass is 10.1. The van der Waals surface area contributed by atoms with E-state index < -0.39 is 0 Å². The van der Waals surface area contributed by atoms with Gasteiger partial charge in [-0.15, -0.1) is 0 Å². The third-order valence-corrected chi connectivity index (χ3v) is 3.80. The first kappa shape index (κ1) is 14.1. The Morgan fingerprint density at radius 2 is 1.76 bits per heavy atom. The summed E-state index contributed by atoms with van der Waals surface area (Å²) < 4.78 is 11.5. The van der Waals surface area contributed by atoms with Gasteiger partial charge in [0.15, 0.2) is 0 Å². The molecule has 1 aromatic heterocycles. The fourth-order valence-electron chi connectivity index (χ4n) is 2.36. The zero-order valence-corrected chi connectivity index (χ0v) is 12.3. The van der Waals surface area contributed by atoms with E-state index in [0.717, 1.165) is 27.9 Å². The molecular formula is C17H16ClNO2. The molecule has 0 fully saturated rings. The second-order valence-electron chi connectivity index (χ2n) is 4.79. The summed E-state index contributed by atoms with van der Waals surface area (Å²) in [5, 5.41) is 1.76. The van der Waals surface area contributed by atoms with Crippen molar-refractivity contribution in [2.75, 3.05) is 0 Å². The maximum atomic E-state index is 6.11. The van der Waals surface area contributed by atoms with Gasteiger partial charge in [0.2, 0.25) is 0 Å². The zero-order valence-electron chi connectivity index (χ0n) is 11.5. The highest BCUT2D eigenvalue weighted by molar-refractivity contribution is 6.31. The van der Waals surface area contributed by atoms with Crippen LogP contribution < -0.4 is 5.73 Å². The van der Waals surface area contributed by atoms with Crippen LogP contribution in [0.5, 0.6) is 0 Å². The van der Waals surface area contributed by atoms with Crippen molar-refractivity contribution in [3.63, 3.8) is 0 Å². The molecular weight excluding hydrogens is 286 g/mol. The highest BCUT2D eigenvalue weighted by atomic mass is 35.5. The summed E-state index contributed by atoms with van der Waals surface area (Å²) in [5.41, 5.74) is 8.64. The molecule has 0 amide bonds. The van der Waals surface area contributed by atoms with Crippen molar-refractivity contribution in [2.24, 2.45) is 5.73 Å². The van der Waals surface area contributed by atoms with Crippen LogP contribution >= 0.6 is 11.6 Å². The highest BCUT2D eigenvalue weighted by Crippen LogP contribution is 2.26. The van der Waals surface area contributed by atoms with E-state index >= 15 is 0 Å². The second kappa shape index (κ2) is 6.31. The molecule has 3 rings (SSSR count). The van der Waals surface area contributed by atoms with Crippen LogP contribution in [0.2, 0.25) is 5.02 Å². The largest absolute Gasteiger partial charge is 0.458 e. The van der Waals surface area contributed by atoms with Crippen molar-refractivity contribution in [1.29, 1.82) is 0 Å². The number of ether oxygens (including phenoxy) is 1. The van der Waals surface area contributed by atoms with Gasteiger partial charge in [-0.05, 0) is 17.7 Å². The van der Waals surface area contributed by atoms with Crippen molar-refractivity contribution < 1.29 is 9.15 Å². The van der Waals surface area contributed by atoms with Gasteiger partial charge in [0.05, 0.1) is 6.61 Å². The monoisotopic (exact) mass is 301 g/mol. The van der Waals surface area contributed by atoms with Crippen molar-refractivity contribution in [2.45, 2.75) is 19.8 Å². The number of furan rings is 1. The molecule has 0 bridgehead atoms. The van der Waals surface area contributed by atoms with E-state index in [4.69, 9.17) is 26.5 Å². The van der Waals surface area contributed by atoms with Gasteiger partial charge in [-0.1, -0.05) is 48.0 Å². The smallest absolute Gasteiger partial charge is 0.135 e. The normalized spacial score (nSPS) is 11.1. The molecule has 3 nitrogen and oxygen atoms in total. The maximum absolute atomic E-state index is 6.11. The van der Waals surface area contributed by atoms with E-state index in [0.29, 0.717) is 24.8 Å². The van der Waals surface area contributed by atoms with Gasteiger partial charge in [0.25, 0.3) is 0 Å². The Hall–Kier alpha value is -1.81. The van der Waals surface area contributed by atoms with Crippen LogP contribution in [0.4, 0.5) is 0 Å². The summed E-state index contributed by atoms with van der Waals surface area (Å²) in [6.07, 6.45) is 0. The number of benzene rings is 2. The first-order valence-corrected chi connectivity index (χ1v) is 7.18. The molecule has 0 saturated carbocycles. The first-order valence-electron chi connectivity index (χ1n) is 6.80. The van der Waals surface area contributed by atoms with Crippen LogP contribution in [0.3, 0.4) is 0 Å². The highest BCUT2D eigenvalue weighted by Gasteiger charge is 2.12. The van der Waals surface area contributed by atoms with Gasteiger partial charge < -0.3 is 14.9 Å². The fraction of sp³-hybridized carbons (Fsp3) is 0.176. The molecule has 108 valence electrons. The average molecular weight is 302 g/mol. The van der Waals surface area contributed by atoms with Gasteiger partial charge >= 0.3 is 0 Å². The number of nitrogens with two attached hydrogens (primary N) is 1. The van der Waals surface area contributed by atoms with Crippen LogP contribution in [0.15, 0.2) is 52.9 Å². The number of rotatable bonds is 5. The van der Waals surface area contributed by atoms with Crippen molar-refractivity contribution >= 4 is 22.6 Å². The van der Waals surface area contributed by atoms with Gasteiger partial charge in [-0.3, -0.25) is 0 Å². The van der Waals surface area contributed by atoms with Gasteiger partial charge in [-0.25, -0.2) is 0 Å². The number of hydrogen-bond acceptors (Lipinski definition) is 3. The molecule has 2 aromatic carbocycles. The molecule has 4 heteroatoms. The Labute approximate surface area is 128 Å². The van der Waals surface area contributed by atoms with Crippen LogP contribution in [-0.2, 0) is 24.5 Å². The number of hydrogen-bond donors (Lipinski definition) is 1. The molecule has 0 aliphatic carbocycles. The Balaban J connectivity index is 1.75. The quantitative estimate of drug-likeness (QED) is 0.766. The molecule has 0 radical (unpaired) electrons. The van der Waals surface area contributed by atoms with Gasteiger partial charge in [-0.2, -0.15) is 0 Å². The fourth-order valence-corrected chi connectivity index (χ4v) is 2.55. The summed E-state index contributed by atoms with van der Waals surface area (Å²) >= 11 is 6.11. The third-order valence-electron chi connectivity index (χ3n) is 3.43. The Kier molecular flexibility index (Phi) is 4.25. The van der Waals surface area contributed by atoms with Crippen LogP contribution in [0.25, 0.3) is 11.0 Å². The molecule has 2 N–H and O–H groups in total. The standard InChI is InChI=1S/C17H16ClNO2/c18-15-7-3-1-5-12(15)10-20-11-17-14(9-19)13-6-2-4-8-16(13)21-17/h1-8H,9-11,19H2. The van der Waals surface area contributed by atoms with Gasteiger partial charge in [0, 0.05) is 22.5 Å². The van der Waals surface area contributed by atoms with E-state index in [1.165, 1.54) is 0 Å². The zero-order chi connectivity index (χ0) is 14.7. The molecule has 0 aliphatic heterocycles. The predicted molar refractivity (Wildman–Crippen MR) is 84.1 cm³/mol. The summed E-state index contributed by atoms with van der Waals surface area (Å²) in [6.45, 7) is 1.26. The minimum Gasteiger partial charge on any atom is -0.458 e. The minimum atomic E-state index is 0.381. The van der Waals surface area contributed by atoms with E-state index in [1.54, 1.807) is 0 Å². The summed E-state index contributed by atoms with van der Waals surface area (Å²) in [7, 11) is 0. The lowest BCUT2D eigenvalue weighted by molar-refractivity contribution is 0.0934. The predicted octanol–water partition coefficient (Wildman–Crippen LogP) is 4.26. The number of para-hydroxylation sites is 1. The summed E-state index contributed by atoms with van der Waals surface area (Å²) in [4.78, 5) is 0. The van der Waals surface area contributed by atoms with Crippen molar-refractivity contribution in [1.82, 2.24) is 0 Å². The van der Waals surface area contributed by atoms with Crippen LogP contribution in [0, 0.1) is 0 Å². The molecule has 21 heavy (non-hydrogen) atoms. The van der Waals surface area contributed by atoms with Gasteiger partial charge in [0.1, 0.15) is 18.0 Å². The van der Waals surface area contributed by atoms with E-state index in [2.05, 4.69) is 0 Å². The SMILES string of the molecule is NCc1c(COCc2ccccc2Cl)oc2ccccc12. The Morgan fingerprint density at radius 1 is 1.00 bits per heavy atom. The first-order chi connectivity index (χ1) is 10.3. The minimum absolute atomic E-state index is 0.381. The van der Waals surface area contributed by atoms with Crippen molar-refractivity contribution in [3.05, 3.63) is 70.4 Å². The topological polar surface area (TPSA) is 48.4 Å². The Bertz CT molecular complexity index is 751. The molecule has 3 aromatic rings. The van der Waals surface area contributed by atoms with Crippen LogP contribution in [0.1, 0.15) is 16.9 Å². The van der Waals surface area contributed by atoms with E-state index in [9.17, 15) is 0 Å². The molecule has 0 unspecified atom stereocenters. The number of halogens is 1. The molecule has 0 spiro atoms. The summed E-state index contributed by atoms with van der Waals surface area (Å²) in [6, 6.07) is 15.5. The van der Waals surface area contributed by atoms with Crippen LogP contribution in [-0.4, -0.2) is 0 Å². The maximum Gasteiger partial charge on any atom is 0.135 e. The molecule has 0 saturated heterocycles. The third kappa shape index (κ3) is 2.95. The Morgan fingerprint density at radius 3 is 2.57 bits per heavy atom. The molecule has 0 atom stereocenters. The number of fused-ring (bicyclic) bond motifs is 1. The lowest BCUT2D eigenvalue weighted by Crippen LogP contribution is -2.01. The summed E-state index contributed by atoms with van der Waals surface area (Å²) in [5.74, 6) is 0.783. The lowest BCUT2D eigenvalue weighted by Gasteiger charge is -2.05. The van der Waals surface area contributed by atoms with Crippen molar-refractivity contribution in [3.8, 4) is 0 Å². The van der Waals surface area contributed by atoms with E-state index in [1.807, 2.05) is 48.5 Å². The molecule has 1 heterocycles. The van der Waals surface area contributed by atoms with E-state index in [-0.39, 0.29) is 0 Å². The average Bonchev–Trinajstić information content (AvgIpc) is 2.86. The second-order valence-corrected chi connectivity index (χ2v) is 5.20.